The summed E-state index contributed by atoms with van der Waals surface area (Å²) in [6.07, 6.45) is 0. The molecule has 0 radical (unpaired) electrons. The van der Waals surface area contributed by atoms with Crippen LogP contribution in [0.3, 0.4) is 0 Å². The van der Waals surface area contributed by atoms with Crippen molar-refractivity contribution in [2.24, 2.45) is 0 Å². The number of amides is 2. The van der Waals surface area contributed by atoms with Crippen LogP contribution < -0.4 is 10.6 Å². The lowest BCUT2D eigenvalue weighted by molar-refractivity contribution is 0.0986. The first-order chi connectivity index (χ1) is 14.6. The van der Waals surface area contributed by atoms with E-state index in [2.05, 4.69) is 15.8 Å². The van der Waals surface area contributed by atoms with Gasteiger partial charge in [-0.1, -0.05) is 59.3 Å². The molecule has 30 heavy (non-hydrogen) atoms. The standard InChI is InChI=1S/C24H19N3O3/c1-16-10-12-17(13-11-16)21-15-22(30-27-21)24(29)26-20-9-5-8-19(14-20)25-23(28)18-6-3-2-4-7-18/h2-15H,1H3,(H,25,28)(H,26,29). The molecule has 4 aromatic rings. The third-order valence-electron chi connectivity index (χ3n) is 4.50. The molecular formula is C24H19N3O3. The Hall–Kier alpha value is -4.19. The molecule has 0 saturated carbocycles. The molecule has 0 aliphatic rings. The van der Waals surface area contributed by atoms with E-state index < -0.39 is 5.91 Å². The summed E-state index contributed by atoms with van der Waals surface area (Å²) in [5.74, 6) is -0.547. The van der Waals surface area contributed by atoms with Crippen LogP contribution >= 0.6 is 0 Å². The maximum absolute atomic E-state index is 12.5. The van der Waals surface area contributed by atoms with Gasteiger partial charge >= 0.3 is 0 Å². The zero-order chi connectivity index (χ0) is 20.9. The summed E-state index contributed by atoms with van der Waals surface area (Å²) in [6.45, 7) is 2.00. The summed E-state index contributed by atoms with van der Waals surface area (Å²) in [5, 5.41) is 9.55. The second kappa shape index (κ2) is 8.45. The van der Waals surface area contributed by atoms with Crippen LogP contribution in [0.4, 0.5) is 11.4 Å². The Labute approximate surface area is 173 Å². The van der Waals surface area contributed by atoms with Gasteiger partial charge in [-0.3, -0.25) is 9.59 Å². The van der Waals surface area contributed by atoms with Crippen molar-refractivity contribution in [3.8, 4) is 11.3 Å². The monoisotopic (exact) mass is 397 g/mol. The fourth-order valence-electron chi connectivity index (χ4n) is 2.90. The van der Waals surface area contributed by atoms with Gasteiger partial charge in [0.1, 0.15) is 5.69 Å². The molecule has 6 nitrogen and oxygen atoms in total. The quantitative estimate of drug-likeness (QED) is 0.487. The number of benzene rings is 3. The number of hydrogen-bond donors (Lipinski definition) is 2. The Kier molecular flexibility index (Phi) is 5.39. The molecule has 0 bridgehead atoms. The molecule has 0 unspecified atom stereocenters. The molecule has 0 aliphatic heterocycles. The van der Waals surface area contributed by atoms with Gasteiger partial charge in [0.05, 0.1) is 0 Å². The summed E-state index contributed by atoms with van der Waals surface area (Å²) in [5.41, 5.74) is 4.24. The maximum Gasteiger partial charge on any atom is 0.294 e. The number of rotatable bonds is 5. The predicted molar refractivity (Wildman–Crippen MR) is 115 cm³/mol. The van der Waals surface area contributed by atoms with Crippen molar-refractivity contribution >= 4 is 23.2 Å². The highest BCUT2D eigenvalue weighted by Crippen LogP contribution is 2.21. The number of aryl methyl sites for hydroxylation is 1. The lowest BCUT2D eigenvalue weighted by Crippen LogP contribution is -2.13. The first kappa shape index (κ1) is 19.1. The largest absolute Gasteiger partial charge is 0.350 e. The van der Waals surface area contributed by atoms with Crippen molar-refractivity contribution in [3.63, 3.8) is 0 Å². The zero-order valence-electron chi connectivity index (χ0n) is 16.3. The third-order valence-corrected chi connectivity index (χ3v) is 4.50. The van der Waals surface area contributed by atoms with E-state index in [1.807, 2.05) is 37.3 Å². The van der Waals surface area contributed by atoms with E-state index in [9.17, 15) is 9.59 Å². The van der Waals surface area contributed by atoms with Gasteiger partial charge in [-0.2, -0.15) is 0 Å². The summed E-state index contributed by atoms with van der Waals surface area (Å²) >= 11 is 0. The van der Waals surface area contributed by atoms with Crippen LogP contribution in [0.25, 0.3) is 11.3 Å². The zero-order valence-corrected chi connectivity index (χ0v) is 16.3. The maximum atomic E-state index is 12.5. The van der Waals surface area contributed by atoms with E-state index >= 15 is 0 Å². The second-order valence-corrected chi connectivity index (χ2v) is 6.80. The van der Waals surface area contributed by atoms with E-state index in [1.54, 1.807) is 54.6 Å². The van der Waals surface area contributed by atoms with Gasteiger partial charge in [0.25, 0.3) is 11.8 Å². The Morgan fingerprint density at radius 2 is 1.43 bits per heavy atom. The lowest BCUT2D eigenvalue weighted by atomic mass is 10.1. The Bertz CT molecular complexity index is 1180. The summed E-state index contributed by atoms with van der Waals surface area (Å²) < 4.78 is 5.20. The molecule has 0 atom stereocenters. The first-order valence-electron chi connectivity index (χ1n) is 9.40. The van der Waals surface area contributed by atoms with Crippen LogP contribution in [0.5, 0.6) is 0 Å². The third kappa shape index (κ3) is 4.44. The molecule has 1 heterocycles. The summed E-state index contributed by atoms with van der Waals surface area (Å²) in [6, 6.07) is 25.2. The van der Waals surface area contributed by atoms with Crippen LogP contribution in [-0.2, 0) is 0 Å². The van der Waals surface area contributed by atoms with E-state index in [4.69, 9.17) is 4.52 Å². The van der Waals surface area contributed by atoms with Crippen molar-refractivity contribution in [3.05, 3.63) is 102 Å². The number of nitrogens with zero attached hydrogens (tertiary/aromatic N) is 1. The average molecular weight is 397 g/mol. The van der Waals surface area contributed by atoms with Crippen LogP contribution in [-0.4, -0.2) is 17.0 Å². The molecule has 0 fully saturated rings. The van der Waals surface area contributed by atoms with E-state index in [0.29, 0.717) is 22.6 Å². The van der Waals surface area contributed by atoms with Gasteiger partial charge in [-0.15, -0.1) is 0 Å². The van der Waals surface area contributed by atoms with Crippen LogP contribution in [0.1, 0.15) is 26.5 Å². The van der Waals surface area contributed by atoms with E-state index in [1.165, 1.54) is 0 Å². The lowest BCUT2D eigenvalue weighted by Gasteiger charge is -2.08. The highest BCUT2D eigenvalue weighted by molar-refractivity contribution is 6.05. The second-order valence-electron chi connectivity index (χ2n) is 6.80. The van der Waals surface area contributed by atoms with Crippen molar-refractivity contribution in [2.45, 2.75) is 6.92 Å². The first-order valence-corrected chi connectivity index (χ1v) is 9.40. The number of carbonyl (C=O) groups excluding carboxylic acids is 2. The van der Waals surface area contributed by atoms with E-state index in [-0.39, 0.29) is 11.7 Å². The molecule has 2 amide bonds. The fourth-order valence-corrected chi connectivity index (χ4v) is 2.90. The molecule has 0 spiro atoms. The highest BCUT2D eigenvalue weighted by atomic mass is 16.5. The number of hydrogen-bond acceptors (Lipinski definition) is 4. The van der Waals surface area contributed by atoms with Crippen molar-refractivity contribution in [1.82, 2.24) is 5.16 Å². The van der Waals surface area contributed by atoms with Crippen molar-refractivity contribution in [2.75, 3.05) is 10.6 Å². The number of aromatic nitrogens is 1. The van der Waals surface area contributed by atoms with Gasteiger partial charge < -0.3 is 15.2 Å². The SMILES string of the molecule is Cc1ccc(-c2cc(C(=O)Nc3cccc(NC(=O)c4ccccc4)c3)on2)cc1. The van der Waals surface area contributed by atoms with Crippen molar-refractivity contribution in [1.29, 1.82) is 0 Å². The molecule has 3 aromatic carbocycles. The molecule has 1 aromatic heterocycles. The minimum absolute atomic E-state index is 0.101. The van der Waals surface area contributed by atoms with Crippen LogP contribution in [0.15, 0.2) is 89.5 Å². The fraction of sp³-hybridized carbons (Fsp3) is 0.0417. The topological polar surface area (TPSA) is 84.2 Å². The van der Waals surface area contributed by atoms with Gasteiger partial charge in [0, 0.05) is 28.6 Å². The Morgan fingerprint density at radius 1 is 0.767 bits per heavy atom. The number of nitrogens with one attached hydrogen (secondary N) is 2. The van der Waals surface area contributed by atoms with Gasteiger partial charge in [-0.25, -0.2) is 0 Å². The molecule has 0 aliphatic carbocycles. The summed E-state index contributed by atoms with van der Waals surface area (Å²) in [4.78, 5) is 24.8. The normalized spacial score (nSPS) is 10.4. The molecule has 2 N–H and O–H groups in total. The average Bonchev–Trinajstić information content (AvgIpc) is 3.26. The molecule has 4 rings (SSSR count). The Morgan fingerprint density at radius 3 is 2.13 bits per heavy atom. The minimum atomic E-state index is -0.424. The van der Waals surface area contributed by atoms with Gasteiger partial charge in [-0.05, 0) is 37.3 Å². The van der Waals surface area contributed by atoms with Crippen LogP contribution in [0.2, 0.25) is 0 Å². The molecule has 0 saturated heterocycles. The predicted octanol–water partition coefficient (Wildman–Crippen LogP) is 5.15. The number of carbonyl (C=O) groups is 2. The molecule has 6 heteroatoms. The molecule has 148 valence electrons. The molecular weight excluding hydrogens is 378 g/mol. The van der Waals surface area contributed by atoms with Gasteiger partial charge in [0.2, 0.25) is 5.76 Å². The smallest absolute Gasteiger partial charge is 0.294 e. The summed E-state index contributed by atoms with van der Waals surface area (Å²) in [7, 11) is 0. The van der Waals surface area contributed by atoms with Gasteiger partial charge in [0.15, 0.2) is 0 Å². The Balaban J connectivity index is 1.44. The van der Waals surface area contributed by atoms with E-state index in [0.717, 1.165) is 11.1 Å². The van der Waals surface area contributed by atoms with Crippen molar-refractivity contribution < 1.29 is 14.1 Å². The minimum Gasteiger partial charge on any atom is -0.350 e. The number of anilines is 2. The van der Waals surface area contributed by atoms with Crippen LogP contribution in [0, 0.1) is 6.92 Å². The highest BCUT2D eigenvalue weighted by Gasteiger charge is 2.15.